The van der Waals surface area contributed by atoms with E-state index >= 15 is 0 Å². The maximum atomic E-state index is 13.8. The lowest BCUT2D eigenvalue weighted by atomic mass is 10.1. The molecule has 1 unspecified atom stereocenters. The summed E-state index contributed by atoms with van der Waals surface area (Å²) >= 11 is 0. The molecule has 0 bridgehead atoms. The number of benzene rings is 1. The van der Waals surface area contributed by atoms with Crippen molar-refractivity contribution in [2.24, 2.45) is 0 Å². The van der Waals surface area contributed by atoms with Gasteiger partial charge in [-0.1, -0.05) is 11.2 Å². The van der Waals surface area contributed by atoms with Gasteiger partial charge in [-0.3, -0.25) is 4.79 Å². The van der Waals surface area contributed by atoms with Crippen LogP contribution in [0.25, 0.3) is 11.5 Å². The van der Waals surface area contributed by atoms with Crippen LogP contribution in [0.5, 0.6) is 0 Å². The highest BCUT2D eigenvalue weighted by atomic mass is 19.1. The number of nitrogens with zero attached hydrogens (tertiary/aromatic N) is 2. The summed E-state index contributed by atoms with van der Waals surface area (Å²) in [6, 6.07) is 4.95. The van der Waals surface area contributed by atoms with Crippen molar-refractivity contribution < 1.29 is 27.3 Å². The standard InChI is InChI=1S/C20H17F2N3O5/c1-10-8-14(13-6-3-7-28-13)29-20(27)16(10)18(26)23-9-15-24-19(30-25-15)17-11(21)4-2-5-12(17)22/h2,4-5,8,13H,3,6-7,9H2,1H3,(H,23,26). The van der Waals surface area contributed by atoms with Gasteiger partial charge in [0.1, 0.15) is 34.6 Å². The van der Waals surface area contributed by atoms with E-state index in [-0.39, 0.29) is 29.9 Å². The number of hydrogen-bond acceptors (Lipinski definition) is 7. The van der Waals surface area contributed by atoms with Gasteiger partial charge in [-0.05, 0) is 43.5 Å². The lowest BCUT2D eigenvalue weighted by molar-refractivity contribution is 0.0882. The third-order valence-electron chi connectivity index (χ3n) is 4.69. The Bertz CT molecular complexity index is 1130. The van der Waals surface area contributed by atoms with Crippen molar-refractivity contribution in [2.75, 3.05) is 6.61 Å². The van der Waals surface area contributed by atoms with Crippen molar-refractivity contribution in [2.45, 2.75) is 32.4 Å². The predicted octanol–water partition coefficient (Wildman–Crippen LogP) is 3.06. The molecule has 1 saturated heterocycles. The average molecular weight is 417 g/mol. The normalized spacial score (nSPS) is 16.0. The Morgan fingerprint density at radius 3 is 2.73 bits per heavy atom. The molecule has 3 heterocycles. The molecule has 0 saturated carbocycles. The molecule has 2 aromatic heterocycles. The second-order valence-electron chi connectivity index (χ2n) is 6.79. The van der Waals surface area contributed by atoms with Crippen LogP contribution in [0, 0.1) is 18.6 Å². The summed E-state index contributed by atoms with van der Waals surface area (Å²) in [6.07, 6.45) is 1.33. The smallest absolute Gasteiger partial charge is 0.349 e. The summed E-state index contributed by atoms with van der Waals surface area (Å²) in [5.74, 6) is -2.38. The summed E-state index contributed by atoms with van der Waals surface area (Å²) in [6.45, 7) is 2.00. The topological polar surface area (TPSA) is 107 Å². The minimum absolute atomic E-state index is 0.0148. The van der Waals surface area contributed by atoms with Crippen LogP contribution in [-0.2, 0) is 11.3 Å². The van der Waals surface area contributed by atoms with Gasteiger partial charge in [-0.15, -0.1) is 0 Å². The zero-order chi connectivity index (χ0) is 21.3. The van der Waals surface area contributed by atoms with E-state index in [1.165, 1.54) is 6.07 Å². The highest BCUT2D eigenvalue weighted by Gasteiger charge is 2.24. The Kier molecular flexibility index (Phi) is 5.40. The van der Waals surface area contributed by atoms with E-state index in [9.17, 15) is 18.4 Å². The molecule has 1 aliphatic heterocycles. The second kappa shape index (κ2) is 8.15. The zero-order valence-electron chi connectivity index (χ0n) is 15.9. The van der Waals surface area contributed by atoms with Crippen LogP contribution in [0.3, 0.4) is 0 Å². The van der Waals surface area contributed by atoms with Crippen LogP contribution in [0.15, 0.2) is 38.0 Å². The first kappa shape index (κ1) is 19.9. The van der Waals surface area contributed by atoms with Gasteiger partial charge >= 0.3 is 5.63 Å². The molecule has 8 nitrogen and oxygen atoms in total. The summed E-state index contributed by atoms with van der Waals surface area (Å²) < 4.78 is 43.3. The van der Waals surface area contributed by atoms with Crippen molar-refractivity contribution >= 4 is 5.91 Å². The molecule has 1 fully saturated rings. The summed E-state index contributed by atoms with van der Waals surface area (Å²) in [7, 11) is 0. The van der Waals surface area contributed by atoms with Gasteiger partial charge < -0.3 is 19.0 Å². The molecule has 30 heavy (non-hydrogen) atoms. The van der Waals surface area contributed by atoms with Crippen LogP contribution in [-0.4, -0.2) is 22.7 Å². The van der Waals surface area contributed by atoms with E-state index in [0.717, 1.165) is 25.0 Å². The SMILES string of the molecule is Cc1cc(C2CCCO2)oc(=O)c1C(=O)NCc1noc(-c2c(F)cccc2F)n1. The van der Waals surface area contributed by atoms with Crippen LogP contribution in [0.2, 0.25) is 0 Å². The number of carbonyl (C=O) groups excluding carboxylic acids is 1. The molecule has 4 rings (SSSR count). The fraction of sp³-hybridized carbons (Fsp3) is 0.300. The van der Waals surface area contributed by atoms with Gasteiger partial charge in [0.05, 0.1) is 6.54 Å². The monoisotopic (exact) mass is 417 g/mol. The lowest BCUT2D eigenvalue weighted by Gasteiger charge is -2.10. The van der Waals surface area contributed by atoms with Gasteiger partial charge in [0.15, 0.2) is 5.82 Å². The molecule has 0 spiro atoms. The quantitative estimate of drug-likeness (QED) is 0.680. The van der Waals surface area contributed by atoms with Crippen LogP contribution < -0.4 is 10.9 Å². The van der Waals surface area contributed by atoms with Gasteiger partial charge in [0.25, 0.3) is 11.8 Å². The number of carbonyl (C=O) groups is 1. The first-order valence-corrected chi connectivity index (χ1v) is 9.25. The molecule has 10 heteroatoms. The molecular weight excluding hydrogens is 400 g/mol. The number of aryl methyl sites for hydroxylation is 1. The fourth-order valence-corrected chi connectivity index (χ4v) is 3.24. The maximum Gasteiger partial charge on any atom is 0.349 e. The zero-order valence-corrected chi connectivity index (χ0v) is 15.9. The Labute approximate surface area is 168 Å². The van der Waals surface area contributed by atoms with Crippen molar-refractivity contribution in [1.29, 1.82) is 0 Å². The van der Waals surface area contributed by atoms with Crippen LogP contribution in [0.1, 0.15) is 46.5 Å². The Balaban J connectivity index is 1.48. The van der Waals surface area contributed by atoms with Gasteiger partial charge in [-0.2, -0.15) is 4.98 Å². The van der Waals surface area contributed by atoms with Gasteiger partial charge in [0.2, 0.25) is 0 Å². The van der Waals surface area contributed by atoms with Crippen LogP contribution >= 0.6 is 0 Å². The number of nitrogens with one attached hydrogen (secondary N) is 1. The molecule has 156 valence electrons. The third-order valence-corrected chi connectivity index (χ3v) is 4.69. The number of rotatable bonds is 5. The van der Waals surface area contributed by atoms with Crippen molar-refractivity contribution in [3.63, 3.8) is 0 Å². The Morgan fingerprint density at radius 2 is 2.07 bits per heavy atom. The number of aromatic nitrogens is 2. The lowest BCUT2D eigenvalue weighted by Crippen LogP contribution is -2.29. The van der Waals surface area contributed by atoms with E-state index in [1.807, 2.05) is 0 Å². The third kappa shape index (κ3) is 3.86. The molecule has 0 aliphatic carbocycles. The fourth-order valence-electron chi connectivity index (χ4n) is 3.24. The largest absolute Gasteiger partial charge is 0.424 e. The highest BCUT2D eigenvalue weighted by molar-refractivity contribution is 5.95. The molecule has 1 amide bonds. The molecule has 1 aromatic carbocycles. The summed E-state index contributed by atoms with van der Waals surface area (Å²) in [4.78, 5) is 28.7. The molecule has 1 atom stereocenters. The average Bonchev–Trinajstić information content (AvgIpc) is 3.38. The predicted molar refractivity (Wildman–Crippen MR) is 98.5 cm³/mol. The van der Waals surface area contributed by atoms with E-state index in [1.54, 1.807) is 13.0 Å². The number of halogens is 2. The van der Waals surface area contributed by atoms with Crippen molar-refractivity contribution in [1.82, 2.24) is 15.5 Å². The van der Waals surface area contributed by atoms with Crippen molar-refractivity contribution in [3.05, 3.63) is 69.0 Å². The first-order valence-electron chi connectivity index (χ1n) is 9.25. The summed E-state index contributed by atoms with van der Waals surface area (Å²) in [5, 5.41) is 6.08. The molecule has 1 aliphatic rings. The van der Waals surface area contributed by atoms with E-state index in [2.05, 4.69) is 15.5 Å². The number of amides is 1. The molecular formula is C20H17F2N3O5. The van der Waals surface area contributed by atoms with Crippen LogP contribution in [0.4, 0.5) is 8.78 Å². The van der Waals surface area contributed by atoms with E-state index in [0.29, 0.717) is 17.9 Å². The highest BCUT2D eigenvalue weighted by Crippen LogP contribution is 2.28. The molecule has 0 radical (unpaired) electrons. The number of ether oxygens (including phenoxy) is 1. The minimum Gasteiger partial charge on any atom is -0.424 e. The number of hydrogen-bond donors (Lipinski definition) is 1. The maximum absolute atomic E-state index is 13.8. The van der Waals surface area contributed by atoms with Gasteiger partial charge in [0, 0.05) is 6.61 Å². The Morgan fingerprint density at radius 1 is 1.30 bits per heavy atom. The Hall–Kier alpha value is -3.40. The first-order chi connectivity index (χ1) is 14.4. The van der Waals surface area contributed by atoms with Crippen molar-refractivity contribution in [3.8, 4) is 11.5 Å². The molecule has 3 aromatic rings. The molecule has 1 N–H and O–H groups in total. The minimum atomic E-state index is -0.853. The van der Waals surface area contributed by atoms with Gasteiger partial charge in [-0.25, -0.2) is 13.6 Å². The summed E-state index contributed by atoms with van der Waals surface area (Å²) in [5.41, 5.74) is -0.943. The second-order valence-corrected chi connectivity index (χ2v) is 6.79. The van der Waals surface area contributed by atoms with E-state index < -0.39 is 28.7 Å². The van der Waals surface area contributed by atoms with E-state index in [4.69, 9.17) is 13.7 Å².